The lowest BCUT2D eigenvalue weighted by molar-refractivity contribution is -0.0992. The van der Waals surface area contributed by atoms with E-state index in [0.717, 1.165) is 19.7 Å². The van der Waals surface area contributed by atoms with E-state index in [1.54, 1.807) is 0 Å². The van der Waals surface area contributed by atoms with Crippen LogP contribution in [0.1, 0.15) is 20.8 Å². The molecule has 0 aromatic rings. The van der Waals surface area contributed by atoms with Crippen molar-refractivity contribution >= 4 is 0 Å². The van der Waals surface area contributed by atoms with Gasteiger partial charge >= 0.3 is 0 Å². The van der Waals surface area contributed by atoms with Crippen LogP contribution in [0.2, 0.25) is 0 Å². The highest BCUT2D eigenvalue weighted by Crippen LogP contribution is 2.10. The molecule has 78 valence electrons. The highest BCUT2D eigenvalue weighted by Gasteiger charge is 2.20. The maximum Gasteiger partial charge on any atom is 0.0935 e. The first-order chi connectivity index (χ1) is 5.97. The van der Waals surface area contributed by atoms with Gasteiger partial charge in [-0.3, -0.25) is 0 Å². The lowest BCUT2D eigenvalue weighted by Crippen LogP contribution is -2.43. The van der Waals surface area contributed by atoms with Crippen molar-refractivity contribution in [2.45, 2.75) is 32.5 Å². The van der Waals surface area contributed by atoms with Gasteiger partial charge in [0.1, 0.15) is 0 Å². The van der Waals surface area contributed by atoms with Crippen LogP contribution in [0.15, 0.2) is 0 Å². The minimum atomic E-state index is -0.0562. The molecule has 0 spiro atoms. The number of rotatable bonds is 2. The third-order valence-electron chi connectivity index (χ3n) is 2.04. The standard InChI is InChI=1S/C10H21NO2/c1-10(2,3)13-8-9-7-11(4)5-6-12-9/h9H,5-8H2,1-4H3/t9-/m0/s1. The van der Waals surface area contributed by atoms with E-state index in [0.29, 0.717) is 6.61 Å². The van der Waals surface area contributed by atoms with Gasteiger partial charge in [0.2, 0.25) is 0 Å². The molecule has 0 amide bonds. The Hall–Kier alpha value is -0.120. The van der Waals surface area contributed by atoms with Crippen LogP contribution in [-0.4, -0.2) is 50.0 Å². The normalized spacial score (nSPS) is 26.3. The van der Waals surface area contributed by atoms with E-state index in [1.165, 1.54) is 0 Å². The first kappa shape index (κ1) is 11.0. The number of hydrogen-bond acceptors (Lipinski definition) is 3. The molecule has 1 rings (SSSR count). The van der Waals surface area contributed by atoms with Crippen LogP contribution in [-0.2, 0) is 9.47 Å². The van der Waals surface area contributed by atoms with Crippen LogP contribution >= 0.6 is 0 Å². The van der Waals surface area contributed by atoms with Gasteiger partial charge in [-0.1, -0.05) is 0 Å². The summed E-state index contributed by atoms with van der Waals surface area (Å²) in [5.74, 6) is 0. The fourth-order valence-corrected chi connectivity index (χ4v) is 1.31. The van der Waals surface area contributed by atoms with Crippen molar-refractivity contribution in [3.05, 3.63) is 0 Å². The second-order valence-electron chi connectivity index (χ2n) is 4.68. The zero-order chi connectivity index (χ0) is 9.90. The highest BCUT2D eigenvalue weighted by molar-refractivity contribution is 4.70. The third kappa shape index (κ3) is 4.60. The smallest absolute Gasteiger partial charge is 0.0935 e. The van der Waals surface area contributed by atoms with Crippen molar-refractivity contribution in [2.24, 2.45) is 0 Å². The van der Waals surface area contributed by atoms with E-state index >= 15 is 0 Å². The number of morpholine rings is 1. The molecule has 1 aliphatic heterocycles. The molecule has 13 heavy (non-hydrogen) atoms. The van der Waals surface area contributed by atoms with Crippen molar-refractivity contribution in [2.75, 3.05) is 33.4 Å². The lowest BCUT2D eigenvalue weighted by atomic mass is 10.2. The first-order valence-electron chi connectivity index (χ1n) is 4.91. The van der Waals surface area contributed by atoms with Gasteiger partial charge in [0, 0.05) is 13.1 Å². The zero-order valence-corrected chi connectivity index (χ0v) is 9.17. The molecule has 0 aliphatic carbocycles. The maximum absolute atomic E-state index is 5.67. The molecular weight excluding hydrogens is 166 g/mol. The maximum atomic E-state index is 5.67. The van der Waals surface area contributed by atoms with Gasteiger partial charge < -0.3 is 14.4 Å². The average Bonchev–Trinajstić information content (AvgIpc) is 2.00. The van der Waals surface area contributed by atoms with Gasteiger partial charge in [-0.2, -0.15) is 0 Å². The molecule has 1 saturated heterocycles. The molecule has 0 aromatic heterocycles. The van der Waals surface area contributed by atoms with Crippen molar-refractivity contribution in [3.8, 4) is 0 Å². The topological polar surface area (TPSA) is 21.7 Å². The monoisotopic (exact) mass is 187 g/mol. The van der Waals surface area contributed by atoms with E-state index < -0.39 is 0 Å². The molecular formula is C10H21NO2. The van der Waals surface area contributed by atoms with Crippen molar-refractivity contribution in [1.82, 2.24) is 4.90 Å². The van der Waals surface area contributed by atoms with Crippen LogP contribution in [0.3, 0.4) is 0 Å². The summed E-state index contributed by atoms with van der Waals surface area (Å²) in [6, 6.07) is 0. The fourth-order valence-electron chi connectivity index (χ4n) is 1.31. The van der Waals surface area contributed by atoms with Crippen LogP contribution in [0.25, 0.3) is 0 Å². The minimum Gasteiger partial charge on any atom is -0.373 e. The number of ether oxygens (including phenoxy) is 2. The minimum absolute atomic E-state index is 0.0562. The molecule has 0 saturated carbocycles. The molecule has 0 unspecified atom stereocenters. The van der Waals surface area contributed by atoms with E-state index in [1.807, 2.05) is 0 Å². The van der Waals surface area contributed by atoms with E-state index in [-0.39, 0.29) is 11.7 Å². The Morgan fingerprint density at radius 2 is 2.15 bits per heavy atom. The summed E-state index contributed by atoms with van der Waals surface area (Å²) in [6.45, 7) is 9.75. The van der Waals surface area contributed by atoms with E-state index in [2.05, 4.69) is 32.7 Å². The van der Waals surface area contributed by atoms with E-state index in [9.17, 15) is 0 Å². The Labute approximate surface area is 81.0 Å². The van der Waals surface area contributed by atoms with Crippen molar-refractivity contribution < 1.29 is 9.47 Å². The van der Waals surface area contributed by atoms with Gasteiger partial charge in [0.05, 0.1) is 24.9 Å². The fraction of sp³-hybridized carbons (Fsp3) is 1.00. The van der Waals surface area contributed by atoms with Crippen LogP contribution in [0.5, 0.6) is 0 Å². The average molecular weight is 187 g/mol. The highest BCUT2D eigenvalue weighted by atomic mass is 16.5. The molecule has 0 bridgehead atoms. The van der Waals surface area contributed by atoms with E-state index in [4.69, 9.17) is 9.47 Å². The molecule has 1 atom stereocenters. The van der Waals surface area contributed by atoms with Crippen molar-refractivity contribution in [3.63, 3.8) is 0 Å². The predicted octanol–water partition coefficient (Wildman–Crippen LogP) is 1.13. The SMILES string of the molecule is CN1CCO[C@H](COC(C)(C)C)C1. The quantitative estimate of drug-likeness (QED) is 0.647. The third-order valence-corrected chi connectivity index (χ3v) is 2.04. The number of likely N-dealkylation sites (N-methyl/N-ethyl adjacent to an activating group) is 1. The van der Waals surface area contributed by atoms with Gasteiger partial charge in [-0.15, -0.1) is 0 Å². The lowest BCUT2D eigenvalue weighted by Gasteiger charge is -2.31. The Balaban J connectivity index is 2.21. The van der Waals surface area contributed by atoms with Gasteiger partial charge in [-0.05, 0) is 27.8 Å². The second kappa shape index (κ2) is 4.40. The predicted molar refractivity (Wildman–Crippen MR) is 52.9 cm³/mol. The summed E-state index contributed by atoms with van der Waals surface area (Å²) in [4.78, 5) is 2.28. The van der Waals surface area contributed by atoms with Gasteiger partial charge in [0.15, 0.2) is 0 Å². The molecule has 1 fully saturated rings. The summed E-state index contributed by atoms with van der Waals surface area (Å²) in [7, 11) is 2.12. The molecule has 0 aromatic carbocycles. The molecule has 3 nitrogen and oxygen atoms in total. The van der Waals surface area contributed by atoms with Gasteiger partial charge in [-0.25, -0.2) is 0 Å². The van der Waals surface area contributed by atoms with Gasteiger partial charge in [0.25, 0.3) is 0 Å². The Kier molecular flexibility index (Phi) is 3.71. The molecule has 0 N–H and O–H groups in total. The zero-order valence-electron chi connectivity index (χ0n) is 9.17. The molecule has 1 aliphatic rings. The summed E-state index contributed by atoms with van der Waals surface area (Å²) >= 11 is 0. The summed E-state index contributed by atoms with van der Waals surface area (Å²) < 4.78 is 11.2. The van der Waals surface area contributed by atoms with Crippen LogP contribution < -0.4 is 0 Å². The summed E-state index contributed by atoms with van der Waals surface area (Å²) in [5, 5.41) is 0. The van der Waals surface area contributed by atoms with Crippen molar-refractivity contribution in [1.29, 1.82) is 0 Å². The van der Waals surface area contributed by atoms with Crippen LogP contribution in [0, 0.1) is 0 Å². The van der Waals surface area contributed by atoms with Crippen LogP contribution in [0.4, 0.5) is 0 Å². The summed E-state index contributed by atoms with van der Waals surface area (Å²) in [5.41, 5.74) is -0.0562. The molecule has 0 radical (unpaired) electrons. The largest absolute Gasteiger partial charge is 0.373 e. The molecule has 1 heterocycles. The Bertz CT molecular complexity index is 153. The number of hydrogen-bond donors (Lipinski definition) is 0. The second-order valence-corrected chi connectivity index (χ2v) is 4.68. The Morgan fingerprint density at radius 3 is 2.69 bits per heavy atom. The first-order valence-corrected chi connectivity index (χ1v) is 4.91. The Morgan fingerprint density at radius 1 is 1.46 bits per heavy atom. The summed E-state index contributed by atoms with van der Waals surface area (Å²) in [6.07, 6.45) is 0.248. The molecule has 3 heteroatoms. The number of nitrogens with zero attached hydrogens (tertiary/aromatic N) is 1.